The summed E-state index contributed by atoms with van der Waals surface area (Å²) >= 11 is 1.14. The van der Waals surface area contributed by atoms with E-state index in [4.69, 9.17) is 4.74 Å². The van der Waals surface area contributed by atoms with Crippen molar-refractivity contribution in [3.8, 4) is 0 Å². The minimum absolute atomic E-state index is 0.0869. The summed E-state index contributed by atoms with van der Waals surface area (Å²) in [5, 5.41) is 12.5. The Morgan fingerprint density at radius 3 is 2.55 bits per heavy atom. The zero-order chi connectivity index (χ0) is 21.0. The Bertz CT molecular complexity index is 1010. The number of ether oxygens (including phenoxy) is 1. The fourth-order valence-corrected chi connectivity index (χ4v) is 5.61. The molecule has 0 spiro atoms. The molecule has 0 N–H and O–H groups in total. The molecule has 9 nitrogen and oxygen atoms in total. The zero-order valence-corrected chi connectivity index (χ0v) is 16.9. The molecule has 1 saturated heterocycles. The number of nitro benzene ring substituents is 1. The fraction of sp³-hybridized carbons (Fsp3) is 0.333. The number of hydrogen-bond donors (Lipinski definition) is 0. The van der Waals surface area contributed by atoms with Gasteiger partial charge in [-0.15, -0.1) is 11.3 Å². The van der Waals surface area contributed by atoms with Crippen LogP contribution in [-0.4, -0.2) is 49.1 Å². The van der Waals surface area contributed by atoms with Crippen LogP contribution in [0.5, 0.6) is 0 Å². The summed E-state index contributed by atoms with van der Waals surface area (Å²) in [6.07, 6.45) is 0.600. The van der Waals surface area contributed by atoms with Gasteiger partial charge in [0.25, 0.3) is 15.7 Å². The lowest BCUT2D eigenvalue weighted by atomic mass is 9.98. The molecule has 1 fully saturated rings. The monoisotopic (exact) mass is 438 g/mol. The zero-order valence-electron chi connectivity index (χ0n) is 15.2. The summed E-state index contributed by atoms with van der Waals surface area (Å²) in [5.41, 5.74) is -0.134. The van der Waals surface area contributed by atoms with Crippen LogP contribution >= 0.6 is 11.3 Å². The van der Waals surface area contributed by atoms with Crippen LogP contribution in [-0.2, 0) is 19.6 Å². The van der Waals surface area contributed by atoms with Gasteiger partial charge in [0, 0.05) is 30.8 Å². The molecule has 11 heteroatoms. The number of carbonyl (C=O) groups is 2. The van der Waals surface area contributed by atoms with Gasteiger partial charge in [-0.1, -0.05) is 18.2 Å². The van der Waals surface area contributed by atoms with Gasteiger partial charge in [0.2, 0.25) is 5.78 Å². The second-order valence-corrected chi connectivity index (χ2v) is 9.56. The number of piperidine rings is 1. The molecule has 0 atom stereocenters. The SMILES string of the molecule is O=C(COC(=O)C1CCN(S(=O)(=O)c2cccs2)CC1)c1cccc([N+](=O)[O-])c1. The van der Waals surface area contributed by atoms with Crippen molar-refractivity contribution in [2.45, 2.75) is 17.1 Å². The molecule has 1 aromatic carbocycles. The van der Waals surface area contributed by atoms with Gasteiger partial charge < -0.3 is 4.74 Å². The van der Waals surface area contributed by atoms with E-state index in [0.29, 0.717) is 12.8 Å². The van der Waals surface area contributed by atoms with E-state index >= 15 is 0 Å². The van der Waals surface area contributed by atoms with Crippen LogP contribution in [0.4, 0.5) is 5.69 Å². The minimum atomic E-state index is -3.55. The van der Waals surface area contributed by atoms with Gasteiger partial charge in [0.05, 0.1) is 10.8 Å². The van der Waals surface area contributed by atoms with Crippen molar-refractivity contribution in [1.82, 2.24) is 4.31 Å². The topological polar surface area (TPSA) is 124 Å². The second kappa shape index (κ2) is 8.80. The lowest BCUT2D eigenvalue weighted by Gasteiger charge is -2.29. The van der Waals surface area contributed by atoms with E-state index in [2.05, 4.69) is 0 Å². The molecular formula is C18H18N2O7S2. The summed E-state index contributed by atoms with van der Waals surface area (Å²) in [4.78, 5) is 34.6. The van der Waals surface area contributed by atoms with Crippen molar-refractivity contribution in [2.75, 3.05) is 19.7 Å². The maximum Gasteiger partial charge on any atom is 0.309 e. The third-order valence-corrected chi connectivity index (χ3v) is 7.87. The number of benzene rings is 1. The Labute approximate surface area is 171 Å². The summed E-state index contributed by atoms with van der Waals surface area (Å²) in [5.74, 6) is -1.61. The van der Waals surface area contributed by atoms with Gasteiger partial charge in [0.15, 0.2) is 6.61 Å². The van der Waals surface area contributed by atoms with Gasteiger partial charge in [0.1, 0.15) is 4.21 Å². The summed E-state index contributed by atoms with van der Waals surface area (Å²) in [6.45, 7) is -0.134. The quantitative estimate of drug-likeness (QED) is 0.281. The van der Waals surface area contributed by atoms with E-state index in [9.17, 15) is 28.1 Å². The molecule has 1 aromatic heterocycles. The summed E-state index contributed by atoms with van der Waals surface area (Å²) in [7, 11) is -3.55. The van der Waals surface area contributed by atoms with Crippen molar-refractivity contribution in [1.29, 1.82) is 0 Å². The average Bonchev–Trinajstić information content (AvgIpc) is 3.27. The van der Waals surface area contributed by atoms with Crippen molar-refractivity contribution in [2.24, 2.45) is 5.92 Å². The first-order chi connectivity index (χ1) is 13.8. The number of hydrogen-bond acceptors (Lipinski definition) is 8. The van der Waals surface area contributed by atoms with Crippen molar-refractivity contribution in [3.63, 3.8) is 0 Å². The Hall–Kier alpha value is -2.63. The Morgan fingerprint density at radius 1 is 1.21 bits per heavy atom. The van der Waals surface area contributed by atoms with Gasteiger partial charge >= 0.3 is 5.97 Å². The molecule has 1 aliphatic heterocycles. The fourth-order valence-electron chi connectivity index (χ4n) is 3.00. The molecule has 2 aromatic rings. The number of sulfonamides is 1. The van der Waals surface area contributed by atoms with Crippen LogP contribution < -0.4 is 0 Å². The van der Waals surface area contributed by atoms with E-state index in [1.54, 1.807) is 17.5 Å². The average molecular weight is 438 g/mol. The highest BCUT2D eigenvalue weighted by Crippen LogP contribution is 2.27. The van der Waals surface area contributed by atoms with Crippen LogP contribution in [0.25, 0.3) is 0 Å². The summed E-state index contributed by atoms with van der Waals surface area (Å²) in [6, 6.07) is 8.40. The van der Waals surface area contributed by atoms with Crippen LogP contribution in [0.3, 0.4) is 0 Å². The smallest absolute Gasteiger partial charge is 0.309 e. The van der Waals surface area contributed by atoms with Gasteiger partial charge in [-0.25, -0.2) is 8.42 Å². The molecule has 29 heavy (non-hydrogen) atoms. The Kier molecular flexibility index (Phi) is 6.40. The van der Waals surface area contributed by atoms with E-state index in [1.807, 2.05) is 0 Å². The number of nitrogens with zero attached hydrogens (tertiary/aromatic N) is 2. The van der Waals surface area contributed by atoms with Gasteiger partial charge in [-0.2, -0.15) is 4.31 Å². The molecule has 0 aliphatic carbocycles. The van der Waals surface area contributed by atoms with Crippen molar-refractivity contribution >= 4 is 38.8 Å². The number of non-ortho nitro benzene ring substituents is 1. The molecule has 3 rings (SSSR count). The number of Topliss-reactive ketones (excluding diaryl/α,β-unsaturated/α-hetero) is 1. The molecule has 154 valence electrons. The molecule has 0 unspecified atom stereocenters. The number of esters is 1. The minimum Gasteiger partial charge on any atom is -0.457 e. The van der Waals surface area contributed by atoms with Crippen LogP contribution in [0.15, 0.2) is 46.0 Å². The third-order valence-electron chi connectivity index (χ3n) is 4.60. The first kappa shape index (κ1) is 21.1. The number of nitro groups is 1. The van der Waals surface area contributed by atoms with E-state index in [1.165, 1.54) is 22.5 Å². The highest BCUT2D eigenvalue weighted by molar-refractivity contribution is 7.91. The normalized spacial score (nSPS) is 15.7. The highest BCUT2D eigenvalue weighted by atomic mass is 32.2. The van der Waals surface area contributed by atoms with Gasteiger partial charge in [-0.05, 0) is 24.3 Å². The first-order valence-electron chi connectivity index (χ1n) is 8.77. The van der Waals surface area contributed by atoms with Crippen LogP contribution in [0.1, 0.15) is 23.2 Å². The van der Waals surface area contributed by atoms with Gasteiger partial charge in [-0.3, -0.25) is 19.7 Å². The maximum absolute atomic E-state index is 12.5. The summed E-state index contributed by atoms with van der Waals surface area (Å²) < 4.78 is 31.7. The largest absolute Gasteiger partial charge is 0.457 e. The maximum atomic E-state index is 12.5. The van der Waals surface area contributed by atoms with Crippen molar-refractivity contribution < 1.29 is 27.7 Å². The first-order valence-corrected chi connectivity index (χ1v) is 11.1. The molecule has 2 heterocycles. The van der Waals surface area contributed by atoms with Crippen molar-refractivity contribution in [3.05, 3.63) is 57.5 Å². The molecular weight excluding hydrogens is 420 g/mol. The number of carbonyl (C=O) groups excluding carboxylic acids is 2. The predicted molar refractivity (Wildman–Crippen MR) is 104 cm³/mol. The third kappa shape index (κ3) is 4.86. The highest BCUT2D eigenvalue weighted by Gasteiger charge is 2.33. The van der Waals surface area contributed by atoms with Crippen LogP contribution in [0, 0.1) is 16.0 Å². The Balaban J connectivity index is 1.52. The molecule has 0 saturated carbocycles. The lowest BCUT2D eigenvalue weighted by Crippen LogP contribution is -2.40. The molecule has 0 amide bonds. The second-order valence-electron chi connectivity index (χ2n) is 6.45. The van der Waals surface area contributed by atoms with E-state index in [0.717, 1.165) is 17.4 Å². The molecule has 0 radical (unpaired) electrons. The number of ketones is 1. The van der Waals surface area contributed by atoms with Crippen LogP contribution in [0.2, 0.25) is 0 Å². The van der Waals surface area contributed by atoms with E-state index < -0.39 is 39.2 Å². The molecule has 0 bridgehead atoms. The molecule has 1 aliphatic rings. The standard InChI is InChI=1S/C18H18N2O7S2/c21-16(14-3-1-4-15(11-14)20(23)24)12-27-18(22)13-6-8-19(9-7-13)29(25,26)17-5-2-10-28-17/h1-5,10-11,13H,6-9,12H2. The predicted octanol–water partition coefficient (Wildman–Crippen LogP) is 2.48. The Morgan fingerprint density at radius 2 is 1.93 bits per heavy atom. The lowest BCUT2D eigenvalue weighted by molar-refractivity contribution is -0.384. The van der Waals surface area contributed by atoms with E-state index in [-0.39, 0.29) is 28.5 Å². The number of thiophene rings is 1. The number of rotatable bonds is 7.